The van der Waals surface area contributed by atoms with E-state index in [2.05, 4.69) is 15.9 Å². The Balaban J connectivity index is 2.82. The lowest BCUT2D eigenvalue weighted by atomic mass is 10.1. The molecule has 2 N–H and O–H groups in total. The molecule has 2 atom stereocenters. The fourth-order valence-corrected chi connectivity index (χ4v) is 1.58. The first kappa shape index (κ1) is 11.0. The van der Waals surface area contributed by atoms with Crippen LogP contribution in [-0.2, 0) is 0 Å². The van der Waals surface area contributed by atoms with Gasteiger partial charge in [0.2, 0.25) is 0 Å². The van der Waals surface area contributed by atoms with Crippen molar-refractivity contribution in [1.29, 1.82) is 0 Å². The summed E-state index contributed by atoms with van der Waals surface area (Å²) in [6.45, 7) is 0. The molecule has 72 valence electrons. The molecule has 2 unspecified atom stereocenters. The predicted molar refractivity (Wildman–Crippen MR) is 55.8 cm³/mol. The monoisotopic (exact) mass is 264 g/mol. The van der Waals surface area contributed by atoms with Crippen LogP contribution in [0.2, 0.25) is 0 Å². The number of hydrogen-bond donors (Lipinski definition) is 2. The molecule has 1 aromatic rings. The molecule has 0 aliphatic heterocycles. The second-order valence-electron chi connectivity index (χ2n) is 2.72. The van der Waals surface area contributed by atoms with E-state index in [4.69, 9.17) is 11.6 Å². The zero-order chi connectivity index (χ0) is 9.84. The summed E-state index contributed by atoms with van der Waals surface area (Å²) in [6.07, 6.45) is -1.84. The Morgan fingerprint density at radius 1 is 1.38 bits per heavy atom. The van der Waals surface area contributed by atoms with Crippen molar-refractivity contribution >= 4 is 27.5 Å². The van der Waals surface area contributed by atoms with Crippen molar-refractivity contribution in [3.63, 3.8) is 0 Å². The van der Waals surface area contributed by atoms with Gasteiger partial charge in [0.15, 0.2) is 0 Å². The highest BCUT2D eigenvalue weighted by Crippen LogP contribution is 2.21. The van der Waals surface area contributed by atoms with E-state index in [1.54, 1.807) is 18.2 Å². The third-order valence-corrected chi connectivity index (χ3v) is 2.52. The van der Waals surface area contributed by atoms with Crippen LogP contribution in [0.15, 0.2) is 28.7 Å². The van der Waals surface area contributed by atoms with Crippen LogP contribution in [0.25, 0.3) is 0 Å². The minimum absolute atomic E-state index is 0.0215. The van der Waals surface area contributed by atoms with E-state index in [1.807, 2.05) is 6.07 Å². The molecule has 0 bridgehead atoms. The van der Waals surface area contributed by atoms with Crippen molar-refractivity contribution in [1.82, 2.24) is 0 Å². The van der Waals surface area contributed by atoms with Crippen LogP contribution in [0.5, 0.6) is 0 Å². The summed E-state index contributed by atoms with van der Waals surface area (Å²) in [7, 11) is 0. The van der Waals surface area contributed by atoms with Crippen LogP contribution in [0, 0.1) is 0 Å². The van der Waals surface area contributed by atoms with E-state index in [0.29, 0.717) is 5.56 Å². The highest BCUT2D eigenvalue weighted by atomic mass is 79.9. The van der Waals surface area contributed by atoms with Gasteiger partial charge in [0.25, 0.3) is 0 Å². The zero-order valence-electron chi connectivity index (χ0n) is 6.82. The van der Waals surface area contributed by atoms with Crippen LogP contribution in [0.3, 0.4) is 0 Å². The molecule has 0 aliphatic carbocycles. The van der Waals surface area contributed by atoms with Crippen molar-refractivity contribution in [3.05, 3.63) is 34.3 Å². The third kappa shape index (κ3) is 2.95. The lowest BCUT2D eigenvalue weighted by molar-refractivity contribution is 0.0327. The number of aliphatic hydroxyl groups is 2. The van der Waals surface area contributed by atoms with Gasteiger partial charge in [-0.25, -0.2) is 0 Å². The number of alkyl halides is 1. The van der Waals surface area contributed by atoms with Gasteiger partial charge in [-0.2, -0.15) is 0 Å². The van der Waals surface area contributed by atoms with E-state index in [0.717, 1.165) is 4.47 Å². The zero-order valence-corrected chi connectivity index (χ0v) is 9.16. The molecule has 0 aromatic heterocycles. The average molecular weight is 266 g/mol. The Bertz CT molecular complexity index is 280. The summed E-state index contributed by atoms with van der Waals surface area (Å²) in [6, 6.07) is 7.14. The minimum atomic E-state index is -0.921. The first-order valence-electron chi connectivity index (χ1n) is 3.82. The molecule has 0 amide bonds. The van der Waals surface area contributed by atoms with E-state index in [-0.39, 0.29) is 5.88 Å². The molecule has 0 aliphatic rings. The number of benzene rings is 1. The Labute approximate surface area is 90.3 Å². The van der Waals surface area contributed by atoms with Crippen LogP contribution in [-0.4, -0.2) is 22.2 Å². The summed E-state index contributed by atoms with van der Waals surface area (Å²) in [5.41, 5.74) is 0.655. The van der Waals surface area contributed by atoms with Crippen molar-refractivity contribution in [2.75, 3.05) is 5.88 Å². The first-order valence-corrected chi connectivity index (χ1v) is 5.15. The standard InChI is InChI=1S/C9H10BrClO2/c10-7-3-1-2-6(4-7)9(13)8(12)5-11/h1-4,8-9,12-13H,5H2. The first-order chi connectivity index (χ1) is 6.15. The number of aliphatic hydroxyl groups excluding tert-OH is 2. The van der Waals surface area contributed by atoms with Crippen LogP contribution in [0.4, 0.5) is 0 Å². The van der Waals surface area contributed by atoms with Crippen molar-refractivity contribution in [2.24, 2.45) is 0 Å². The summed E-state index contributed by atoms with van der Waals surface area (Å²) in [5.74, 6) is 0.0215. The van der Waals surface area contributed by atoms with Gasteiger partial charge in [-0.15, -0.1) is 11.6 Å². The lowest BCUT2D eigenvalue weighted by Crippen LogP contribution is -2.19. The topological polar surface area (TPSA) is 40.5 Å². The quantitative estimate of drug-likeness (QED) is 0.822. The highest BCUT2D eigenvalue weighted by molar-refractivity contribution is 9.10. The maximum absolute atomic E-state index is 9.56. The molecule has 13 heavy (non-hydrogen) atoms. The molecule has 0 radical (unpaired) electrons. The van der Waals surface area contributed by atoms with E-state index in [1.165, 1.54) is 0 Å². The predicted octanol–water partition coefficient (Wildman–Crippen LogP) is 2.08. The molecule has 1 aromatic carbocycles. The molecule has 0 fully saturated rings. The third-order valence-electron chi connectivity index (χ3n) is 1.71. The number of rotatable bonds is 3. The lowest BCUT2D eigenvalue weighted by Gasteiger charge is -2.15. The Morgan fingerprint density at radius 2 is 2.08 bits per heavy atom. The largest absolute Gasteiger partial charge is 0.389 e. The fourth-order valence-electron chi connectivity index (χ4n) is 0.997. The highest BCUT2D eigenvalue weighted by Gasteiger charge is 2.16. The normalized spacial score (nSPS) is 15.4. The van der Waals surface area contributed by atoms with E-state index < -0.39 is 12.2 Å². The Kier molecular flexibility index (Phi) is 4.19. The molecule has 0 heterocycles. The van der Waals surface area contributed by atoms with Gasteiger partial charge in [0.1, 0.15) is 6.10 Å². The van der Waals surface area contributed by atoms with Crippen LogP contribution in [0.1, 0.15) is 11.7 Å². The van der Waals surface area contributed by atoms with Gasteiger partial charge in [0.05, 0.1) is 12.0 Å². The summed E-state index contributed by atoms with van der Waals surface area (Å²) in [5, 5.41) is 18.8. The molecular weight excluding hydrogens is 255 g/mol. The summed E-state index contributed by atoms with van der Waals surface area (Å²) >= 11 is 8.69. The smallest absolute Gasteiger partial charge is 0.106 e. The molecule has 0 saturated carbocycles. The molecule has 0 spiro atoms. The molecule has 1 rings (SSSR count). The molecule has 4 heteroatoms. The molecule has 0 saturated heterocycles. The summed E-state index contributed by atoms with van der Waals surface area (Å²) < 4.78 is 0.867. The second-order valence-corrected chi connectivity index (χ2v) is 3.95. The Hall–Kier alpha value is -0.0900. The van der Waals surface area contributed by atoms with E-state index in [9.17, 15) is 10.2 Å². The maximum atomic E-state index is 9.56. The van der Waals surface area contributed by atoms with Gasteiger partial charge in [-0.1, -0.05) is 28.1 Å². The number of halogens is 2. The van der Waals surface area contributed by atoms with Gasteiger partial charge in [-0.05, 0) is 17.7 Å². The van der Waals surface area contributed by atoms with Crippen molar-refractivity contribution in [2.45, 2.75) is 12.2 Å². The average Bonchev–Trinajstić information content (AvgIpc) is 2.15. The number of hydrogen-bond acceptors (Lipinski definition) is 2. The molecule has 2 nitrogen and oxygen atoms in total. The molecular formula is C9H10BrClO2. The minimum Gasteiger partial charge on any atom is -0.389 e. The van der Waals surface area contributed by atoms with Gasteiger partial charge in [-0.3, -0.25) is 0 Å². The van der Waals surface area contributed by atoms with Gasteiger partial charge >= 0.3 is 0 Å². The van der Waals surface area contributed by atoms with E-state index >= 15 is 0 Å². The maximum Gasteiger partial charge on any atom is 0.106 e. The second kappa shape index (κ2) is 4.96. The Morgan fingerprint density at radius 3 is 2.62 bits per heavy atom. The fraction of sp³-hybridized carbons (Fsp3) is 0.333. The van der Waals surface area contributed by atoms with Gasteiger partial charge < -0.3 is 10.2 Å². The SMILES string of the molecule is OC(CCl)C(O)c1cccc(Br)c1. The van der Waals surface area contributed by atoms with Crippen LogP contribution < -0.4 is 0 Å². The van der Waals surface area contributed by atoms with Gasteiger partial charge in [0, 0.05) is 4.47 Å². The van der Waals surface area contributed by atoms with Crippen LogP contribution >= 0.6 is 27.5 Å². The van der Waals surface area contributed by atoms with Crippen molar-refractivity contribution in [3.8, 4) is 0 Å². The summed E-state index contributed by atoms with van der Waals surface area (Å²) in [4.78, 5) is 0. The van der Waals surface area contributed by atoms with Crippen molar-refractivity contribution < 1.29 is 10.2 Å².